The molecular weight excluding hydrogens is 370 g/mol. The minimum Gasteiger partial charge on any atom is -0.452 e. The van der Waals surface area contributed by atoms with E-state index < -0.39 is 24.5 Å². The van der Waals surface area contributed by atoms with Gasteiger partial charge < -0.3 is 14.6 Å². The molecule has 0 saturated heterocycles. The molecule has 0 aliphatic heterocycles. The van der Waals surface area contributed by atoms with E-state index in [2.05, 4.69) is 29.0 Å². The van der Waals surface area contributed by atoms with Gasteiger partial charge in [-0.25, -0.2) is 9.59 Å². The molecule has 3 rings (SSSR count). The van der Waals surface area contributed by atoms with Gasteiger partial charge in [0.25, 0.3) is 5.91 Å². The van der Waals surface area contributed by atoms with Gasteiger partial charge in [0.05, 0.1) is 0 Å². The molecule has 2 saturated carbocycles. The van der Waals surface area contributed by atoms with Gasteiger partial charge in [0.2, 0.25) is 0 Å². The first-order chi connectivity index (χ1) is 13.8. The second-order valence-electron chi connectivity index (χ2n) is 8.26. The first-order valence-corrected chi connectivity index (χ1v) is 10.5. The summed E-state index contributed by atoms with van der Waals surface area (Å²) in [6.45, 7) is 5.71. The van der Waals surface area contributed by atoms with Gasteiger partial charge in [-0.2, -0.15) is 0 Å². The van der Waals surface area contributed by atoms with Gasteiger partial charge in [0.15, 0.2) is 6.61 Å². The lowest BCUT2D eigenvalue weighted by atomic mass is 9.86. The Balaban J connectivity index is 1.42. The lowest BCUT2D eigenvalue weighted by Crippen LogP contribution is -2.48. The average molecular weight is 402 g/mol. The number of nitrogens with zero attached hydrogens (tertiary/aromatic N) is 1. The van der Waals surface area contributed by atoms with E-state index in [1.165, 1.54) is 31.0 Å². The number of amides is 3. The van der Waals surface area contributed by atoms with E-state index >= 15 is 0 Å². The Bertz CT molecular complexity index is 807. The third kappa shape index (κ3) is 5.71. The van der Waals surface area contributed by atoms with Crippen LogP contribution in [0.4, 0.5) is 4.79 Å². The number of imide groups is 1. The number of esters is 1. The molecule has 2 atom stereocenters. The molecule has 1 aromatic heterocycles. The van der Waals surface area contributed by atoms with Crippen LogP contribution in [0.5, 0.6) is 0 Å². The highest BCUT2D eigenvalue weighted by molar-refractivity contribution is 5.96. The van der Waals surface area contributed by atoms with Gasteiger partial charge in [0, 0.05) is 29.5 Å². The highest BCUT2D eigenvalue weighted by Gasteiger charge is 2.26. The van der Waals surface area contributed by atoms with E-state index in [1.807, 2.05) is 13.0 Å². The fourth-order valence-corrected chi connectivity index (χ4v) is 4.11. The van der Waals surface area contributed by atoms with Crippen molar-refractivity contribution in [3.05, 3.63) is 29.1 Å². The van der Waals surface area contributed by atoms with Gasteiger partial charge in [-0.3, -0.25) is 10.1 Å². The van der Waals surface area contributed by atoms with Crippen LogP contribution in [0.25, 0.3) is 6.08 Å². The molecule has 2 N–H and O–H groups in total. The van der Waals surface area contributed by atoms with Crippen molar-refractivity contribution in [2.75, 3.05) is 6.61 Å². The molecule has 158 valence electrons. The van der Waals surface area contributed by atoms with Crippen LogP contribution in [-0.4, -0.2) is 35.1 Å². The smallest absolute Gasteiger partial charge is 0.331 e. The maximum atomic E-state index is 12.0. The molecule has 0 bridgehead atoms. The zero-order valence-corrected chi connectivity index (χ0v) is 17.5. The lowest BCUT2D eigenvalue weighted by Gasteiger charge is -2.29. The van der Waals surface area contributed by atoms with Crippen LogP contribution in [0, 0.1) is 19.8 Å². The second kappa shape index (κ2) is 9.29. The summed E-state index contributed by atoms with van der Waals surface area (Å²) in [5.74, 6) is -0.855. The van der Waals surface area contributed by atoms with Crippen LogP contribution in [0.3, 0.4) is 0 Å². The van der Waals surface area contributed by atoms with E-state index in [0.29, 0.717) is 12.0 Å². The molecule has 3 amide bonds. The summed E-state index contributed by atoms with van der Waals surface area (Å²) < 4.78 is 7.25. The summed E-state index contributed by atoms with van der Waals surface area (Å²) in [6.07, 6.45) is 9.67. The number of nitrogens with one attached hydrogen (secondary N) is 2. The van der Waals surface area contributed by atoms with E-state index in [4.69, 9.17) is 4.74 Å². The Morgan fingerprint density at radius 1 is 1.17 bits per heavy atom. The number of carbonyl (C=O) groups is 3. The summed E-state index contributed by atoms with van der Waals surface area (Å²) in [7, 11) is 0. The van der Waals surface area contributed by atoms with Gasteiger partial charge in [0.1, 0.15) is 0 Å². The van der Waals surface area contributed by atoms with Crippen molar-refractivity contribution < 1.29 is 19.1 Å². The molecule has 1 heterocycles. The Morgan fingerprint density at radius 3 is 2.59 bits per heavy atom. The second-order valence-corrected chi connectivity index (χ2v) is 8.26. The quantitative estimate of drug-likeness (QED) is 0.565. The lowest BCUT2D eigenvalue weighted by molar-refractivity contribution is -0.143. The number of rotatable bonds is 6. The molecule has 1 aromatic rings. The van der Waals surface area contributed by atoms with Crippen LogP contribution in [0.1, 0.15) is 68.4 Å². The monoisotopic (exact) mass is 401 g/mol. The molecular formula is C22H31N3O4. The number of aryl methyl sites for hydroxylation is 1. The van der Waals surface area contributed by atoms with E-state index in [-0.39, 0.29) is 6.04 Å². The zero-order chi connectivity index (χ0) is 21.0. The van der Waals surface area contributed by atoms with Crippen LogP contribution < -0.4 is 10.6 Å². The standard InChI is InChI=1S/C22H31N3O4/c1-14-6-4-5-7-19(14)23-22(28)24-20(26)13-29-21(27)11-8-17-12-15(2)25(16(17)3)18-9-10-18/h8,11-12,14,18-19H,4-7,9-10,13H2,1-3H3,(H2,23,24,26,28)/b11-8+/t14-,19+/m0/s1. The number of hydrogen-bond donors (Lipinski definition) is 2. The Kier molecular flexibility index (Phi) is 6.77. The minimum absolute atomic E-state index is 0.0803. The molecule has 7 nitrogen and oxygen atoms in total. The summed E-state index contributed by atoms with van der Waals surface area (Å²) in [5, 5.41) is 5.06. The van der Waals surface area contributed by atoms with Crippen molar-refractivity contribution >= 4 is 24.0 Å². The average Bonchev–Trinajstić information content (AvgIpc) is 3.45. The van der Waals surface area contributed by atoms with Crippen molar-refractivity contribution in [3.8, 4) is 0 Å². The predicted molar refractivity (Wildman–Crippen MR) is 110 cm³/mol. The van der Waals surface area contributed by atoms with Crippen molar-refractivity contribution in [3.63, 3.8) is 0 Å². The molecule has 29 heavy (non-hydrogen) atoms. The maximum absolute atomic E-state index is 12.0. The zero-order valence-electron chi connectivity index (χ0n) is 17.5. The normalized spacial score (nSPS) is 21.8. The SMILES string of the molecule is Cc1cc(/C=C/C(=O)OCC(=O)NC(=O)N[C@@H]2CCCC[C@@H]2C)c(C)n1C1CC1. The fourth-order valence-electron chi connectivity index (χ4n) is 4.11. The summed E-state index contributed by atoms with van der Waals surface area (Å²) in [5.41, 5.74) is 3.27. The molecule has 0 aromatic carbocycles. The third-order valence-electron chi connectivity index (χ3n) is 5.86. The summed E-state index contributed by atoms with van der Waals surface area (Å²) in [6, 6.07) is 2.17. The van der Waals surface area contributed by atoms with E-state index in [9.17, 15) is 14.4 Å². The molecule has 7 heteroatoms. The van der Waals surface area contributed by atoms with Gasteiger partial charge in [-0.15, -0.1) is 0 Å². The van der Waals surface area contributed by atoms with Gasteiger partial charge in [-0.05, 0) is 63.2 Å². The molecule has 2 fully saturated rings. The Labute approximate surface area is 171 Å². The number of aromatic nitrogens is 1. The first-order valence-electron chi connectivity index (χ1n) is 10.5. The van der Waals surface area contributed by atoms with Gasteiger partial charge >= 0.3 is 12.0 Å². The molecule has 2 aliphatic rings. The summed E-state index contributed by atoms with van der Waals surface area (Å²) in [4.78, 5) is 35.7. The van der Waals surface area contributed by atoms with Crippen LogP contribution >= 0.6 is 0 Å². The molecule has 0 spiro atoms. The van der Waals surface area contributed by atoms with Gasteiger partial charge in [-0.1, -0.05) is 19.8 Å². The molecule has 0 unspecified atom stereocenters. The Hall–Kier alpha value is -2.57. The Morgan fingerprint density at radius 2 is 1.90 bits per heavy atom. The third-order valence-corrected chi connectivity index (χ3v) is 5.86. The van der Waals surface area contributed by atoms with Crippen molar-refractivity contribution in [2.24, 2.45) is 5.92 Å². The van der Waals surface area contributed by atoms with E-state index in [1.54, 1.807) is 6.08 Å². The minimum atomic E-state index is -0.639. The highest BCUT2D eigenvalue weighted by atomic mass is 16.5. The maximum Gasteiger partial charge on any atom is 0.331 e. The largest absolute Gasteiger partial charge is 0.452 e. The van der Waals surface area contributed by atoms with Crippen LogP contribution in [0.2, 0.25) is 0 Å². The molecule has 2 aliphatic carbocycles. The highest BCUT2D eigenvalue weighted by Crippen LogP contribution is 2.38. The van der Waals surface area contributed by atoms with Crippen molar-refractivity contribution in [1.82, 2.24) is 15.2 Å². The van der Waals surface area contributed by atoms with Crippen LogP contribution in [0.15, 0.2) is 12.1 Å². The molecule has 0 radical (unpaired) electrons. The van der Waals surface area contributed by atoms with Crippen LogP contribution in [-0.2, 0) is 14.3 Å². The first kappa shape index (κ1) is 21.1. The topological polar surface area (TPSA) is 89.4 Å². The van der Waals surface area contributed by atoms with Crippen molar-refractivity contribution in [1.29, 1.82) is 0 Å². The predicted octanol–water partition coefficient (Wildman–Crippen LogP) is 3.40. The number of urea groups is 1. The number of hydrogen-bond acceptors (Lipinski definition) is 4. The summed E-state index contributed by atoms with van der Waals surface area (Å²) >= 11 is 0. The number of carbonyl (C=O) groups excluding carboxylic acids is 3. The van der Waals surface area contributed by atoms with E-state index in [0.717, 1.165) is 30.5 Å². The number of ether oxygens (including phenoxy) is 1. The van der Waals surface area contributed by atoms with Crippen molar-refractivity contribution in [2.45, 2.75) is 71.4 Å². The fraction of sp³-hybridized carbons (Fsp3) is 0.591.